The molecule has 0 unspecified atom stereocenters. The zero-order valence-corrected chi connectivity index (χ0v) is 19.6. The van der Waals surface area contributed by atoms with E-state index in [0.29, 0.717) is 5.56 Å². The standard InChI is InChI=1S/C24H26FN3O4S/c1-17-16-23(18(2)28(17)20-6-8-21(32-3)9-7-20)24(29)26-12-14-27(15-13-26)33(30,31)22-10-4-19(25)5-11-22/h4-11,16H,12-15H2,1-3H3. The average molecular weight is 472 g/mol. The molecule has 33 heavy (non-hydrogen) atoms. The lowest BCUT2D eigenvalue weighted by molar-refractivity contribution is 0.0697. The van der Waals surface area contributed by atoms with Crippen LogP contribution in [0.5, 0.6) is 5.75 Å². The maximum absolute atomic E-state index is 13.3. The van der Waals surface area contributed by atoms with Gasteiger partial charge in [-0.05, 0) is 68.4 Å². The number of carbonyl (C=O) groups excluding carboxylic acids is 1. The van der Waals surface area contributed by atoms with Gasteiger partial charge in [-0.3, -0.25) is 4.79 Å². The van der Waals surface area contributed by atoms with Crippen molar-refractivity contribution in [3.8, 4) is 11.4 Å². The van der Waals surface area contributed by atoms with Gasteiger partial charge in [0.25, 0.3) is 5.91 Å². The van der Waals surface area contributed by atoms with Crippen LogP contribution in [0.2, 0.25) is 0 Å². The fourth-order valence-corrected chi connectivity index (χ4v) is 5.59. The number of halogens is 1. The highest BCUT2D eigenvalue weighted by molar-refractivity contribution is 7.89. The Hall–Kier alpha value is -3.17. The highest BCUT2D eigenvalue weighted by atomic mass is 32.2. The maximum atomic E-state index is 13.3. The van der Waals surface area contributed by atoms with Crippen LogP contribution >= 0.6 is 0 Å². The molecule has 2 aromatic carbocycles. The lowest BCUT2D eigenvalue weighted by atomic mass is 10.2. The summed E-state index contributed by atoms with van der Waals surface area (Å²) in [6.07, 6.45) is 0. The molecule has 7 nitrogen and oxygen atoms in total. The summed E-state index contributed by atoms with van der Waals surface area (Å²) in [5.74, 6) is 0.143. The van der Waals surface area contributed by atoms with Gasteiger partial charge in [0.05, 0.1) is 17.6 Å². The Bertz CT molecular complexity index is 1260. The molecule has 0 N–H and O–H groups in total. The maximum Gasteiger partial charge on any atom is 0.255 e. The van der Waals surface area contributed by atoms with E-state index in [1.54, 1.807) is 12.0 Å². The number of carbonyl (C=O) groups is 1. The predicted octanol–water partition coefficient (Wildman–Crippen LogP) is 3.39. The SMILES string of the molecule is COc1ccc(-n2c(C)cc(C(=O)N3CCN(S(=O)(=O)c4ccc(F)cc4)CC3)c2C)cc1. The van der Waals surface area contributed by atoms with Crippen LogP contribution in [-0.2, 0) is 10.0 Å². The molecule has 4 rings (SSSR count). The van der Waals surface area contributed by atoms with Crippen LogP contribution in [0, 0.1) is 19.7 Å². The van der Waals surface area contributed by atoms with Gasteiger partial charge in [-0.15, -0.1) is 0 Å². The third-order valence-corrected chi connectivity index (χ3v) is 7.88. The van der Waals surface area contributed by atoms with Gasteiger partial charge in [-0.25, -0.2) is 12.8 Å². The van der Waals surface area contributed by atoms with Crippen molar-refractivity contribution in [2.45, 2.75) is 18.7 Å². The molecule has 0 bridgehead atoms. The first-order chi connectivity index (χ1) is 15.7. The van der Waals surface area contributed by atoms with Crippen LogP contribution in [0.3, 0.4) is 0 Å². The molecule has 1 saturated heterocycles. The summed E-state index contributed by atoms with van der Waals surface area (Å²) in [6.45, 7) is 4.78. The molecule has 0 aliphatic carbocycles. The number of rotatable bonds is 5. The number of aromatic nitrogens is 1. The van der Waals surface area contributed by atoms with Crippen LogP contribution in [-0.4, -0.2) is 61.4 Å². The topological polar surface area (TPSA) is 71.8 Å². The van der Waals surface area contributed by atoms with E-state index < -0.39 is 15.8 Å². The Morgan fingerprint density at radius 2 is 1.55 bits per heavy atom. The largest absolute Gasteiger partial charge is 0.497 e. The number of piperazine rings is 1. The van der Waals surface area contributed by atoms with E-state index in [2.05, 4.69) is 0 Å². The first kappa shape index (κ1) is 23.0. The molecule has 1 fully saturated rings. The van der Waals surface area contributed by atoms with Gasteiger partial charge in [-0.1, -0.05) is 0 Å². The fourth-order valence-electron chi connectivity index (χ4n) is 4.17. The lowest BCUT2D eigenvalue weighted by Crippen LogP contribution is -2.50. The summed E-state index contributed by atoms with van der Waals surface area (Å²) < 4.78 is 47.4. The molecule has 0 saturated carbocycles. The molecule has 2 heterocycles. The summed E-state index contributed by atoms with van der Waals surface area (Å²) >= 11 is 0. The molecule has 1 aromatic heterocycles. The van der Waals surface area contributed by atoms with E-state index in [4.69, 9.17) is 4.74 Å². The second kappa shape index (κ2) is 8.99. The van der Waals surface area contributed by atoms with Gasteiger partial charge in [0.15, 0.2) is 0 Å². The average Bonchev–Trinajstić information content (AvgIpc) is 3.12. The Balaban J connectivity index is 1.49. The van der Waals surface area contributed by atoms with Gasteiger partial charge < -0.3 is 14.2 Å². The van der Waals surface area contributed by atoms with E-state index in [1.807, 2.05) is 48.7 Å². The lowest BCUT2D eigenvalue weighted by Gasteiger charge is -2.34. The molecular formula is C24H26FN3O4S. The van der Waals surface area contributed by atoms with Gasteiger partial charge in [-0.2, -0.15) is 4.31 Å². The Morgan fingerprint density at radius 1 is 0.939 bits per heavy atom. The second-order valence-corrected chi connectivity index (χ2v) is 9.91. The fraction of sp³-hybridized carbons (Fsp3) is 0.292. The molecule has 1 aliphatic rings. The molecule has 0 atom stereocenters. The first-order valence-electron chi connectivity index (χ1n) is 10.6. The van der Waals surface area contributed by atoms with Crippen LogP contribution in [0.1, 0.15) is 21.7 Å². The van der Waals surface area contributed by atoms with Gasteiger partial charge in [0.1, 0.15) is 11.6 Å². The summed E-state index contributed by atoms with van der Waals surface area (Å²) in [7, 11) is -2.12. The summed E-state index contributed by atoms with van der Waals surface area (Å²) in [4.78, 5) is 15.0. The van der Waals surface area contributed by atoms with Crippen molar-refractivity contribution in [2.75, 3.05) is 33.3 Å². The van der Waals surface area contributed by atoms with E-state index in [-0.39, 0.29) is 37.0 Å². The highest BCUT2D eigenvalue weighted by Crippen LogP contribution is 2.25. The zero-order valence-electron chi connectivity index (χ0n) is 18.8. The van der Waals surface area contributed by atoms with Crippen molar-refractivity contribution in [3.05, 3.63) is 77.4 Å². The number of methoxy groups -OCH3 is 1. The van der Waals surface area contributed by atoms with Gasteiger partial charge in [0.2, 0.25) is 10.0 Å². The molecule has 0 spiro atoms. The third kappa shape index (κ3) is 4.38. The smallest absolute Gasteiger partial charge is 0.255 e. The number of hydrogen-bond acceptors (Lipinski definition) is 4. The van der Waals surface area contributed by atoms with Gasteiger partial charge in [0, 0.05) is 43.3 Å². The quantitative estimate of drug-likeness (QED) is 0.572. The van der Waals surface area contributed by atoms with E-state index in [0.717, 1.165) is 35.0 Å². The highest BCUT2D eigenvalue weighted by Gasteiger charge is 2.31. The second-order valence-electron chi connectivity index (χ2n) is 7.97. The first-order valence-corrected chi connectivity index (χ1v) is 12.0. The molecule has 0 radical (unpaired) electrons. The number of benzene rings is 2. The molecular weight excluding hydrogens is 445 g/mol. The number of amides is 1. The van der Waals surface area contributed by atoms with Crippen molar-refractivity contribution in [2.24, 2.45) is 0 Å². The Kier molecular flexibility index (Phi) is 6.27. The molecule has 174 valence electrons. The Morgan fingerprint density at radius 3 is 2.12 bits per heavy atom. The molecule has 1 aliphatic heterocycles. The van der Waals surface area contributed by atoms with Crippen LogP contribution in [0.15, 0.2) is 59.5 Å². The zero-order chi connectivity index (χ0) is 23.8. The monoisotopic (exact) mass is 471 g/mol. The van der Waals surface area contributed by atoms with Crippen molar-refractivity contribution in [1.29, 1.82) is 0 Å². The van der Waals surface area contributed by atoms with Crippen LogP contribution in [0.4, 0.5) is 4.39 Å². The number of ether oxygens (including phenoxy) is 1. The normalized spacial score (nSPS) is 15.0. The van der Waals surface area contributed by atoms with E-state index in [1.165, 1.54) is 16.4 Å². The predicted molar refractivity (Wildman–Crippen MR) is 123 cm³/mol. The number of hydrogen-bond donors (Lipinski definition) is 0. The third-order valence-electron chi connectivity index (χ3n) is 5.97. The molecule has 9 heteroatoms. The van der Waals surface area contributed by atoms with Crippen molar-refractivity contribution in [3.63, 3.8) is 0 Å². The van der Waals surface area contributed by atoms with E-state index in [9.17, 15) is 17.6 Å². The Labute approximate surface area is 193 Å². The number of nitrogens with zero attached hydrogens (tertiary/aromatic N) is 3. The summed E-state index contributed by atoms with van der Waals surface area (Å²) in [5.41, 5.74) is 3.28. The molecule has 3 aromatic rings. The van der Waals surface area contributed by atoms with Crippen molar-refractivity contribution >= 4 is 15.9 Å². The number of aryl methyl sites for hydroxylation is 1. The van der Waals surface area contributed by atoms with Crippen LogP contribution < -0.4 is 4.74 Å². The summed E-state index contributed by atoms with van der Waals surface area (Å²) in [5, 5.41) is 0. The van der Waals surface area contributed by atoms with E-state index >= 15 is 0 Å². The van der Waals surface area contributed by atoms with Crippen LogP contribution in [0.25, 0.3) is 5.69 Å². The minimum absolute atomic E-state index is 0.0479. The minimum atomic E-state index is -3.73. The number of sulfonamides is 1. The minimum Gasteiger partial charge on any atom is -0.497 e. The molecule has 1 amide bonds. The van der Waals surface area contributed by atoms with Gasteiger partial charge >= 0.3 is 0 Å². The summed E-state index contributed by atoms with van der Waals surface area (Å²) in [6, 6.07) is 14.3. The van der Waals surface area contributed by atoms with Crippen molar-refractivity contribution < 1.29 is 22.3 Å². The van der Waals surface area contributed by atoms with Crippen molar-refractivity contribution in [1.82, 2.24) is 13.8 Å².